The van der Waals surface area contributed by atoms with E-state index in [-0.39, 0.29) is 17.5 Å². The van der Waals surface area contributed by atoms with Crippen LogP contribution in [0.3, 0.4) is 0 Å². The minimum atomic E-state index is -3.58. The summed E-state index contributed by atoms with van der Waals surface area (Å²) in [5.41, 5.74) is 0. The van der Waals surface area contributed by atoms with E-state index in [1.54, 1.807) is 17.1 Å². The van der Waals surface area contributed by atoms with Gasteiger partial charge in [0.1, 0.15) is 0 Å². The fourth-order valence-electron chi connectivity index (χ4n) is 2.55. The van der Waals surface area contributed by atoms with Crippen molar-refractivity contribution in [3.8, 4) is 0 Å². The summed E-state index contributed by atoms with van der Waals surface area (Å²) in [5, 5.41) is 9.75. The van der Waals surface area contributed by atoms with Gasteiger partial charge in [0, 0.05) is 19.3 Å². The molecule has 2 atom stereocenters. The highest BCUT2D eigenvalue weighted by Crippen LogP contribution is 2.25. The fraction of sp³-hybridized carbons (Fsp3) is 0.769. The second-order valence-corrected chi connectivity index (χ2v) is 7.63. The van der Waals surface area contributed by atoms with Crippen molar-refractivity contribution in [2.75, 3.05) is 6.54 Å². The standard InChI is InChI=1S/C13H23N3O3S/c1-10(2)7-16-8-13(14-9-16)20(18,19)15-6-11-4-3-5-12(11)17/h8-12,15,17H,3-7H2,1-2H3. The summed E-state index contributed by atoms with van der Waals surface area (Å²) in [6.07, 6.45) is 5.28. The summed E-state index contributed by atoms with van der Waals surface area (Å²) in [5.74, 6) is 0.448. The first-order valence-corrected chi connectivity index (χ1v) is 8.56. The minimum absolute atomic E-state index is 0.0162. The van der Waals surface area contributed by atoms with Crippen LogP contribution in [0.4, 0.5) is 0 Å². The Hall–Kier alpha value is -0.920. The molecule has 1 heterocycles. The van der Waals surface area contributed by atoms with E-state index in [4.69, 9.17) is 0 Å². The van der Waals surface area contributed by atoms with E-state index < -0.39 is 16.1 Å². The minimum Gasteiger partial charge on any atom is -0.393 e. The number of hydrogen-bond donors (Lipinski definition) is 2. The normalized spacial score (nSPS) is 23.6. The summed E-state index contributed by atoms with van der Waals surface area (Å²) in [6.45, 7) is 5.15. The molecule has 1 saturated carbocycles. The second kappa shape index (κ2) is 6.24. The third-order valence-corrected chi connectivity index (χ3v) is 4.92. The molecular weight excluding hydrogens is 278 g/mol. The van der Waals surface area contributed by atoms with Gasteiger partial charge in [-0.25, -0.2) is 18.1 Å². The van der Waals surface area contributed by atoms with E-state index in [0.717, 1.165) is 25.8 Å². The molecule has 1 aliphatic carbocycles. The van der Waals surface area contributed by atoms with Crippen LogP contribution in [0.2, 0.25) is 0 Å². The van der Waals surface area contributed by atoms with Crippen LogP contribution in [-0.2, 0) is 16.6 Å². The molecule has 2 unspecified atom stereocenters. The number of aromatic nitrogens is 2. The van der Waals surface area contributed by atoms with Crippen LogP contribution in [-0.4, -0.2) is 35.7 Å². The average Bonchev–Trinajstić information content (AvgIpc) is 2.95. The van der Waals surface area contributed by atoms with Crippen molar-refractivity contribution >= 4 is 10.0 Å². The molecule has 1 aromatic rings. The molecule has 0 bridgehead atoms. The Labute approximate surface area is 120 Å². The van der Waals surface area contributed by atoms with Gasteiger partial charge in [-0.15, -0.1) is 0 Å². The first kappa shape index (κ1) is 15.5. The van der Waals surface area contributed by atoms with Crippen LogP contribution in [0, 0.1) is 11.8 Å². The van der Waals surface area contributed by atoms with E-state index in [2.05, 4.69) is 23.6 Å². The molecule has 0 radical (unpaired) electrons. The Morgan fingerprint density at radius 2 is 2.25 bits per heavy atom. The zero-order chi connectivity index (χ0) is 14.8. The number of aliphatic hydroxyl groups is 1. The third-order valence-electron chi connectivity index (χ3n) is 3.62. The number of nitrogens with zero attached hydrogens (tertiary/aromatic N) is 2. The van der Waals surface area contributed by atoms with Gasteiger partial charge in [-0.3, -0.25) is 0 Å². The monoisotopic (exact) mass is 301 g/mol. The molecule has 6 nitrogen and oxygen atoms in total. The van der Waals surface area contributed by atoms with Crippen LogP contribution in [0.25, 0.3) is 0 Å². The van der Waals surface area contributed by atoms with Gasteiger partial charge in [0.05, 0.1) is 12.4 Å². The Morgan fingerprint density at radius 1 is 1.50 bits per heavy atom. The van der Waals surface area contributed by atoms with Crippen LogP contribution in [0.1, 0.15) is 33.1 Å². The summed E-state index contributed by atoms with van der Waals surface area (Å²) in [4.78, 5) is 3.96. The highest BCUT2D eigenvalue weighted by atomic mass is 32.2. The van der Waals surface area contributed by atoms with Crippen molar-refractivity contribution < 1.29 is 13.5 Å². The SMILES string of the molecule is CC(C)Cn1cnc(S(=O)(=O)NCC2CCCC2O)c1. The van der Waals surface area contributed by atoms with Crippen molar-refractivity contribution in [1.82, 2.24) is 14.3 Å². The van der Waals surface area contributed by atoms with Crippen molar-refractivity contribution in [3.05, 3.63) is 12.5 Å². The Balaban J connectivity index is 1.97. The molecule has 2 rings (SSSR count). The lowest BCUT2D eigenvalue weighted by molar-refractivity contribution is 0.134. The highest BCUT2D eigenvalue weighted by Gasteiger charge is 2.27. The van der Waals surface area contributed by atoms with Gasteiger partial charge in [0.2, 0.25) is 0 Å². The summed E-state index contributed by atoms with van der Waals surface area (Å²) in [7, 11) is -3.58. The van der Waals surface area contributed by atoms with Gasteiger partial charge in [-0.05, 0) is 24.7 Å². The molecule has 1 aromatic heterocycles. The number of sulfonamides is 1. The van der Waals surface area contributed by atoms with Crippen molar-refractivity contribution in [2.24, 2.45) is 11.8 Å². The van der Waals surface area contributed by atoms with E-state index in [1.165, 1.54) is 0 Å². The summed E-state index contributed by atoms with van der Waals surface area (Å²) in [6, 6.07) is 0. The van der Waals surface area contributed by atoms with Crippen molar-refractivity contribution in [3.63, 3.8) is 0 Å². The topological polar surface area (TPSA) is 84.2 Å². The van der Waals surface area contributed by atoms with Gasteiger partial charge in [-0.2, -0.15) is 0 Å². The van der Waals surface area contributed by atoms with Gasteiger partial charge in [-0.1, -0.05) is 20.3 Å². The maximum atomic E-state index is 12.1. The number of hydrogen-bond acceptors (Lipinski definition) is 4. The molecule has 1 aliphatic rings. The molecule has 0 aliphatic heterocycles. The number of aliphatic hydroxyl groups excluding tert-OH is 1. The first-order valence-electron chi connectivity index (χ1n) is 7.08. The molecule has 20 heavy (non-hydrogen) atoms. The van der Waals surface area contributed by atoms with Crippen LogP contribution in [0.15, 0.2) is 17.6 Å². The summed E-state index contributed by atoms with van der Waals surface area (Å²) < 4.78 is 28.6. The zero-order valence-corrected chi connectivity index (χ0v) is 12.8. The number of rotatable bonds is 6. The maximum Gasteiger partial charge on any atom is 0.259 e. The van der Waals surface area contributed by atoms with Gasteiger partial charge in [0.25, 0.3) is 10.0 Å². The fourth-order valence-corrected chi connectivity index (χ4v) is 3.59. The Bertz CT molecular complexity index is 539. The van der Waals surface area contributed by atoms with Crippen molar-refractivity contribution in [2.45, 2.75) is 50.8 Å². The molecule has 0 spiro atoms. The predicted octanol–water partition coefficient (Wildman–Crippen LogP) is 0.978. The number of imidazole rings is 1. The molecule has 7 heteroatoms. The molecule has 2 N–H and O–H groups in total. The smallest absolute Gasteiger partial charge is 0.259 e. The third kappa shape index (κ3) is 3.80. The van der Waals surface area contributed by atoms with E-state index in [1.807, 2.05) is 0 Å². The quantitative estimate of drug-likeness (QED) is 0.820. The van der Waals surface area contributed by atoms with Gasteiger partial charge < -0.3 is 9.67 Å². The lowest BCUT2D eigenvalue weighted by Gasteiger charge is -2.14. The molecule has 1 fully saturated rings. The van der Waals surface area contributed by atoms with Crippen LogP contribution < -0.4 is 4.72 Å². The summed E-state index contributed by atoms with van der Waals surface area (Å²) >= 11 is 0. The van der Waals surface area contributed by atoms with Crippen LogP contribution in [0.5, 0.6) is 0 Å². The lowest BCUT2D eigenvalue weighted by Crippen LogP contribution is -2.32. The first-order chi connectivity index (χ1) is 9.38. The van der Waals surface area contributed by atoms with Gasteiger partial charge >= 0.3 is 0 Å². The lowest BCUT2D eigenvalue weighted by atomic mass is 10.1. The molecule has 114 valence electrons. The highest BCUT2D eigenvalue weighted by molar-refractivity contribution is 7.89. The molecule has 0 saturated heterocycles. The Kier molecular flexibility index (Phi) is 4.82. The van der Waals surface area contributed by atoms with E-state index in [9.17, 15) is 13.5 Å². The largest absolute Gasteiger partial charge is 0.393 e. The maximum absolute atomic E-state index is 12.1. The second-order valence-electron chi connectivity index (χ2n) is 5.91. The molecule has 0 aromatic carbocycles. The molecular formula is C13H23N3O3S. The van der Waals surface area contributed by atoms with E-state index >= 15 is 0 Å². The average molecular weight is 301 g/mol. The predicted molar refractivity (Wildman–Crippen MR) is 75.6 cm³/mol. The van der Waals surface area contributed by atoms with Gasteiger partial charge in [0.15, 0.2) is 5.03 Å². The number of nitrogens with one attached hydrogen (secondary N) is 1. The zero-order valence-electron chi connectivity index (χ0n) is 12.0. The molecule has 0 amide bonds. The van der Waals surface area contributed by atoms with E-state index in [0.29, 0.717) is 5.92 Å². The van der Waals surface area contributed by atoms with Crippen molar-refractivity contribution in [1.29, 1.82) is 0 Å². The van der Waals surface area contributed by atoms with Crippen LogP contribution >= 0.6 is 0 Å². The Morgan fingerprint density at radius 3 is 2.85 bits per heavy atom.